The number of amides is 2. The number of aryl methyl sites for hydroxylation is 1. The maximum absolute atomic E-state index is 12.3. The van der Waals surface area contributed by atoms with Crippen LogP contribution in [0.1, 0.15) is 37.8 Å². The maximum atomic E-state index is 12.3. The van der Waals surface area contributed by atoms with Gasteiger partial charge in [-0.3, -0.25) is 0 Å². The van der Waals surface area contributed by atoms with Crippen LogP contribution in [0.15, 0.2) is 42.5 Å². The largest absolute Gasteiger partial charge is 0.513 e. The summed E-state index contributed by atoms with van der Waals surface area (Å²) in [5, 5.41) is 5.68. The Labute approximate surface area is 153 Å². The van der Waals surface area contributed by atoms with E-state index in [2.05, 4.69) is 24.5 Å². The average molecular weight is 356 g/mol. The van der Waals surface area contributed by atoms with Gasteiger partial charge in [-0.15, -0.1) is 0 Å². The fourth-order valence-corrected chi connectivity index (χ4v) is 2.47. The summed E-state index contributed by atoms with van der Waals surface area (Å²) in [7, 11) is 0. The van der Waals surface area contributed by atoms with Gasteiger partial charge < -0.3 is 20.1 Å². The lowest BCUT2D eigenvalue weighted by Gasteiger charge is -2.17. The van der Waals surface area contributed by atoms with Gasteiger partial charge in [0.1, 0.15) is 5.75 Å². The molecule has 0 saturated heterocycles. The molecule has 2 amide bonds. The SMILES string of the molecule is CCOC(=O)Oc1ccc(NC(=O)Nc2c(C)cccc2C(C)C)cc1. The van der Waals surface area contributed by atoms with Crippen LogP contribution in [0.2, 0.25) is 0 Å². The number of para-hydroxylation sites is 1. The van der Waals surface area contributed by atoms with E-state index in [4.69, 9.17) is 9.47 Å². The van der Waals surface area contributed by atoms with Crippen LogP contribution < -0.4 is 15.4 Å². The first-order valence-corrected chi connectivity index (χ1v) is 8.53. The van der Waals surface area contributed by atoms with Crippen molar-refractivity contribution in [1.82, 2.24) is 0 Å². The molecule has 0 fully saturated rings. The van der Waals surface area contributed by atoms with Gasteiger partial charge in [0.15, 0.2) is 0 Å². The first-order chi connectivity index (χ1) is 12.4. The predicted octanol–water partition coefficient (Wildman–Crippen LogP) is 5.30. The lowest BCUT2D eigenvalue weighted by atomic mass is 9.98. The minimum absolute atomic E-state index is 0.246. The molecule has 0 atom stereocenters. The lowest BCUT2D eigenvalue weighted by Crippen LogP contribution is -2.21. The first-order valence-electron chi connectivity index (χ1n) is 8.53. The second-order valence-electron chi connectivity index (χ2n) is 6.08. The van der Waals surface area contributed by atoms with Gasteiger partial charge in [0.2, 0.25) is 0 Å². The normalized spacial score (nSPS) is 10.3. The molecule has 0 aromatic heterocycles. The van der Waals surface area contributed by atoms with Crippen molar-refractivity contribution in [2.75, 3.05) is 17.2 Å². The topological polar surface area (TPSA) is 76.7 Å². The Balaban J connectivity index is 2.01. The van der Waals surface area contributed by atoms with E-state index in [1.54, 1.807) is 31.2 Å². The fourth-order valence-electron chi connectivity index (χ4n) is 2.47. The van der Waals surface area contributed by atoms with Crippen molar-refractivity contribution in [3.63, 3.8) is 0 Å². The second kappa shape index (κ2) is 8.89. The van der Waals surface area contributed by atoms with Crippen molar-refractivity contribution in [1.29, 1.82) is 0 Å². The van der Waals surface area contributed by atoms with Gasteiger partial charge in [-0.1, -0.05) is 32.0 Å². The summed E-state index contributed by atoms with van der Waals surface area (Å²) in [5.41, 5.74) is 3.49. The number of urea groups is 1. The molecule has 138 valence electrons. The van der Waals surface area contributed by atoms with E-state index in [0.717, 1.165) is 16.8 Å². The summed E-state index contributed by atoms with van der Waals surface area (Å²) < 4.78 is 9.69. The zero-order chi connectivity index (χ0) is 19.1. The highest BCUT2D eigenvalue weighted by atomic mass is 16.7. The van der Waals surface area contributed by atoms with Crippen LogP contribution in [0.5, 0.6) is 5.75 Å². The predicted molar refractivity (Wildman–Crippen MR) is 102 cm³/mol. The van der Waals surface area contributed by atoms with Crippen molar-refractivity contribution >= 4 is 23.6 Å². The number of hydrogen-bond donors (Lipinski definition) is 2. The monoisotopic (exact) mass is 356 g/mol. The maximum Gasteiger partial charge on any atom is 0.513 e. The summed E-state index contributed by atoms with van der Waals surface area (Å²) in [6.45, 7) is 8.07. The van der Waals surface area contributed by atoms with Crippen molar-refractivity contribution < 1.29 is 19.1 Å². The number of anilines is 2. The molecule has 0 spiro atoms. The van der Waals surface area contributed by atoms with E-state index < -0.39 is 6.16 Å². The third kappa shape index (κ3) is 5.24. The molecule has 26 heavy (non-hydrogen) atoms. The van der Waals surface area contributed by atoms with E-state index in [-0.39, 0.29) is 12.6 Å². The summed E-state index contributed by atoms with van der Waals surface area (Å²) in [6.07, 6.45) is -0.758. The van der Waals surface area contributed by atoms with Gasteiger partial charge in [0, 0.05) is 11.4 Å². The molecule has 2 rings (SSSR count). The zero-order valence-corrected chi connectivity index (χ0v) is 15.5. The molecule has 6 nitrogen and oxygen atoms in total. The lowest BCUT2D eigenvalue weighted by molar-refractivity contribution is 0.104. The quantitative estimate of drug-likeness (QED) is 0.563. The standard InChI is InChI=1S/C20H24N2O4/c1-5-25-20(24)26-16-11-9-15(10-12-16)21-19(23)22-18-14(4)7-6-8-17(18)13(2)3/h6-13H,5H2,1-4H3,(H2,21,22,23). The van der Waals surface area contributed by atoms with E-state index in [0.29, 0.717) is 17.4 Å². The van der Waals surface area contributed by atoms with Gasteiger partial charge in [0.25, 0.3) is 0 Å². The van der Waals surface area contributed by atoms with Crippen LogP contribution in [0, 0.1) is 6.92 Å². The molecular weight excluding hydrogens is 332 g/mol. The van der Waals surface area contributed by atoms with Crippen LogP contribution in [0.4, 0.5) is 21.0 Å². The molecule has 2 aromatic rings. The average Bonchev–Trinajstić information content (AvgIpc) is 2.58. The van der Waals surface area contributed by atoms with Crippen LogP contribution in [-0.2, 0) is 4.74 Å². The summed E-state index contributed by atoms with van der Waals surface area (Å²) in [5.74, 6) is 0.639. The smallest absolute Gasteiger partial charge is 0.434 e. The van der Waals surface area contributed by atoms with Gasteiger partial charge >= 0.3 is 12.2 Å². The van der Waals surface area contributed by atoms with Gasteiger partial charge in [-0.25, -0.2) is 9.59 Å². The molecule has 0 radical (unpaired) electrons. The number of benzene rings is 2. The van der Waals surface area contributed by atoms with Crippen molar-refractivity contribution in [2.45, 2.75) is 33.6 Å². The number of nitrogens with one attached hydrogen (secondary N) is 2. The molecule has 0 saturated carbocycles. The second-order valence-corrected chi connectivity index (χ2v) is 6.08. The highest BCUT2D eigenvalue weighted by molar-refractivity contribution is 6.00. The zero-order valence-electron chi connectivity index (χ0n) is 15.5. The van der Waals surface area contributed by atoms with Crippen LogP contribution in [0.25, 0.3) is 0 Å². The Morgan fingerprint density at radius 2 is 1.73 bits per heavy atom. The fraction of sp³-hybridized carbons (Fsp3) is 0.300. The Morgan fingerprint density at radius 1 is 1.04 bits per heavy atom. The van der Waals surface area contributed by atoms with E-state index in [9.17, 15) is 9.59 Å². The minimum Gasteiger partial charge on any atom is -0.434 e. The molecule has 6 heteroatoms. The highest BCUT2D eigenvalue weighted by Crippen LogP contribution is 2.27. The van der Waals surface area contributed by atoms with E-state index >= 15 is 0 Å². The number of hydrogen-bond acceptors (Lipinski definition) is 4. The Hall–Kier alpha value is -3.02. The van der Waals surface area contributed by atoms with E-state index in [1.807, 2.05) is 25.1 Å². The molecule has 2 N–H and O–H groups in total. The third-order valence-electron chi connectivity index (χ3n) is 3.74. The van der Waals surface area contributed by atoms with Gasteiger partial charge in [-0.05, 0) is 55.2 Å². The van der Waals surface area contributed by atoms with Crippen molar-refractivity contribution in [3.8, 4) is 5.75 Å². The molecule has 0 aliphatic rings. The van der Waals surface area contributed by atoms with Crippen LogP contribution in [-0.4, -0.2) is 18.8 Å². The number of carbonyl (C=O) groups is 2. The third-order valence-corrected chi connectivity index (χ3v) is 3.74. The molecule has 0 unspecified atom stereocenters. The van der Waals surface area contributed by atoms with Crippen molar-refractivity contribution in [2.24, 2.45) is 0 Å². The summed E-state index contributed by atoms with van der Waals surface area (Å²) in [4.78, 5) is 23.6. The molecule has 0 heterocycles. The highest BCUT2D eigenvalue weighted by Gasteiger charge is 2.12. The van der Waals surface area contributed by atoms with Crippen molar-refractivity contribution in [3.05, 3.63) is 53.6 Å². The first kappa shape index (κ1) is 19.3. The minimum atomic E-state index is -0.758. The number of rotatable bonds is 5. The summed E-state index contributed by atoms with van der Waals surface area (Å²) in [6, 6.07) is 12.1. The Morgan fingerprint density at radius 3 is 2.35 bits per heavy atom. The molecule has 0 aliphatic heterocycles. The van der Waals surface area contributed by atoms with Gasteiger partial charge in [0.05, 0.1) is 6.61 Å². The number of ether oxygens (including phenoxy) is 2. The molecule has 2 aromatic carbocycles. The Bertz CT molecular complexity index is 770. The van der Waals surface area contributed by atoms with Crippen LogP contribution in [0.3, 0.4) is 0 Å². The van der Waals surface area contributed by atoms with Crippen LogP contribution >= 0.6 is 0 Å². The number of carbonyl (C=O) groups excluding carboxylic acids is 2. The molecule has 0 bridgehead atoms. The summed E-state index contributed by atoms with van der Waals surface area (Å²) >= 11 is 0. The van der Waals surface area contributed by atoms with Gasteiger partial charge in [-0.2, -0.15) is 0 Å². The molecule has 0 aliphatic carbocycles. The van der Waals surface area contributed by atoms with E-state index in [1.165, 1.54) is 0 Å². The Kier molecular flexibility index (Phi) is 6.60. The molecular formula is C20H24N2O4.